The van der Waals surface area contributed by atoms with E-state index in [9.17, 15) is 0 Å². The van der Waals surface area contributed by atoms with Gasteiger partial charge >= 0.3 is 0 Å². The second-order valence-corrected chi connectivity index (χ2v) is 5.59. The van der Waals surface area contributed by atoms with Gasteiger partial charge in [-0.1, -0.05) is 60.7 Å². The fourth-order valence-corrected chi connectivity index (χ4v) is 2.59. The van der Waals surface area contributed by atoms with Crippen molar-refractivity contribution in [2.24, 2.45) is 0 Å². The lowest BCUT2D eigenvalue weighted by Gasteiger charge is -2.19. The smallest absolute Gasteiger partial charge is 0.254 e. The van der Waals surface area contributed by atoms with E-state index in [1.807, 2.05) is 73.8 Å². The summed E-state index contributed by atoms with van der Waals surface area (Å²) in [4.78, 5) is 14.7. The van der Waals surface area contributed by atoms with Gasteiger partial charge in [0.15, 0.2) is 5.82 Å². The van der Waals surface area contributed by atoms with Crippen molar-refractivity contribution in [2.45, 2.75) is 6.61 Å². The normalized spacial score (nSPS) is 10.9. The zero-order valence-corrected chi connectivity index (χ0v) is 13.8. The van der Waals surface area contributed by atoms with Gasteiger partial charge in [-0.3, -0.25) is 4.84 Å². The Morgan fingerprint density at radius 3 is 2.48 bits per heavy atom. The number of hydrogen-bond donors (Lipinski definition) is 0. The summed E-state index contributed by atoms with van der Waals surface area (Å²) in [5, 5.41) is 5.95. The van der Waals surface area contributed by atoms with Crippen LogP contribution in [0.5, 0.6) is 0 Å². The molecule has 0 atom stereocenters. The standard InChI is InChI=1S/C19H17N5O/c1-23(25-13-15-8-4-2-5-9-15)18-12-17(16-10-6-3-7-11-16)22-19-20-14-21-24(18)19/h2-12,14H,13H2,1H3. The molecule has 4 aromatic rings. The van der Waals surface area contributed by atoms with Crippen molar-refractivity contribution in [3.05, 3.63) is 78.6 Å². The molecule has 0 saturated heterocycles. The van der Waals surface area contributed by atoms with Crippen molar-refractivity contribution in [1.82, 2.24) is 19.6 Å². The van der Waals surface area contributed by atoms with Gasteiger partial charge in [-0.25, -0.2) is 10.0 Å². The molecule has 0 N–H and O–H groups in total. The second-order valence-electron chi connectivity index (χ2n) is 5.59. The number of hydroxylamine groups is 1. The molecule has 2 aromatic carbocycles. The van der Waals surface area contributed by atoms with Crippen LogP contribution < -0.4 is 5.06 Å². The van der Waals surface area contributed by atoms with E-state index in [2.05, 4.69) is 15.1 Å². The highest BCUT2D eigenvalue weighted by Gasteiger charge is 2.13. The Balaban J connectivity index is 1.67. The number of fused-ring (bicyclic) bond motifs is 1. The molecule has 124 valence electrons. The first kappa shape index (κ1) is 15.3. The molecule has 0 saturated carbocycles. The number of aromatic nitrogens is 4. The Hall–Kier alpha value is -3.25. The van der Waals surface area contributed by atoms with E-state index in [4.69, 9.17) is 4.84 Å². The van der Waals surface area contributed by atoms with Crippen LogP contribution >= 0.6 is 0 Å². The van der Waals surface area contributed by atoms with E-state index in [-0.39, 0.29) is 0 Å². The van der Waals surface area contributed by atoms with Gasteiger partial charge < -0.3 is 0 Å². The van der Waals surface area contributed by atoms with Gasteiger partial charge in [0.2, 0.25) is 0 Å². The van der Waals surface area contributed by atoms with Crippen LogP contribution in [-0.4, -0.2) is 26.6 Å². The molecule has 0 aliphatic rings. The number of nitrogens with zero attached hydrogens (tertiary/aromatic N) is 5. The molecule has 2 heterocycles. The third-order valence-electron chi connectivity index (χ3n) is 3.89. The van der Waals surface area contributed by atoms with Crippen LogP contribution in [0.4, 0.5) is 5.82 Å². The van der Waals surface area contributed by atoms with Gasteiger partial charge in [0.25, 0.3) is 5.78 Å². The van der Waals surface area contributed by atoms with Gasteiger partial charge in [-0.15, -0.1) is 0 Å². The Morgan fingerprint density at radius 2 is 1.72 bits per heavy atom. The molecule has 2 aromatic heterocycles. The topological polar surface area (TPSA) is 55.5 Å². The SMILES string of the molecule is CN(OCc1ccccc1)c1cc(-c2ccccc2)nc2ncnn12. The lowest BCUT2D eigenvalue weighted by molar-refractivity contribution is 0.105. The minimum atomic E-state index is 0.469. The summed E-state index contributed by atoms with van der Waals surface area (Å²) >= 11 is 0. The molecule has 0 spiro atoms. The Morgan fingerprint density at radius 1 is 1.00 bits per heavy atom. The van der Waals surface area contributed by atoms with Gasteiger partial charge in [0.05, 0.1) is 12.3 Å². The second kappa shape index (κ2) is 6.70. The Kier molecular flexibility index (Phi) is 4.10. The average molecular weight is 331 g/mol. The molecule has 4 rings (SSSR count). The first-order valence-corrected chi connectivity index (χ1v) is 7.98. The Labute approximate surface area is 145 Å². The molecular weight excluding hydrogens is 314 g/mol. The monoisotopic (exact) mass is 331 g/mol. The van der Waals surface area contributed by atoms with Gasteiger partial charge in [0, 0.05) is 18.7 Å². The minimum Gasteiger partial charge on any atom is -0.268 e. The maximum atomic E-state index is 5.90. The predicted molar refractivity (Wildman–Crippen MR) is 95.9 cm³/mol. The van der Waals surface area contributed by atoms with Crippen LogP contribution in [0.1, 0.15) is 5.56 Å². The van der Waals surface area contributed by atoms with E-state index in [1.54, 1.807) is 9.58 Å². The molecule has 0 aliphatic carbocycles. The van der Waals surface area contributed by atoms with Crippen molar-refractivity contribution >= 4 is 11.6 Å². The van der Waals surface area contributed by atoms with E-state index >= 15 is 0 Å². The van der Waals surface area contributed by atoms with Crippen molar-refractivity contribution in [1.29, 1.82) is 0 Å². The summed E-state index contributed by atoms with van der Waals surface area (Å²) in [5.41, 5.74) is 2.94. The van der Waals surface area contributed by atoms with Gasteiger partial charge in [-0.05, 0) is 5.56 Å². The van der Waals surface area contributed by atoms with Crippen LogP contribution in [0.2, 0.25) is 0 Å². The minimum absolute atomic E-state index is 0.469. The largest absolute Gasteiger partial charge is 0.268 e. The molecule has 0 bridgehead atoms. The number of rotatable bonds is 5. The maximum Gasteiger partial charge on any atom is 0.254 e. The lowest BCUT2D eigenvalue weighted by atomic mass is 10.1. The van der Waals surface area contributed by atoms with Crippen LogP contribution in [0.15, 0.2) is 73.1 Å². The number of anilines is 1. The third-order valence-corrected chi connectivity index (χ3v) is 3.89. The maximum absolute atomic E-state index is 5.90. The molecular formula is C19H17N5O. The number of benzene rings is 2. The highest BCUT2D eigenvalue weighted by molar-refractivity contribution is 5.65. The lowest BCUT2D eigenvalue weighted by Crippen LogP contribution is -2.21. The predicted octanol–water partition coefficient (Wildman–Crippen LogP) is 3.36. The van der Waals surface area contributed by atoms with Crippen molar-refractivity contribution in [2.75, 3.05) is 12.1 Å². The average Bonchev–Trinajstić information content (AvgIpc) is 3.15. The van der Waals surface area contributed by atoms with Crippen LogP contribution in [0.25, 0.3) is 17.0 Å². The quantitative estimate of drug-likeness (QED) is 0.525. The van der Waals surface area contributed by atoms with E-state index in [1.165, 1.54) is 6.33 Å². The summed E-state index contributed by atoms with van der Waals surface area (Å²) in [6.07, 6.45) is 1.49. The zero-order chi connectivity index (χ0) is 17.1. The van der Waals surface area contributed by atoms with Crippen LogP contribution in [0.3, 0.4) is 0 Å². The Bertz CT molecular complexity index is 969. The molecule has 6 heteroatoms. The summed E-state index contributed by atoms with van der Waals surface area (Å²) in [6, 6.07) is 22.0. The fourth-order valence-electron chi connectivity index (χ4n) is 2.59. The molecule has 0 amide bonds. The molecule has 0 radical (unpaired) electrons. The van der Waals surface area contributed by atoms with Gasteiger partial charge in [0.1, 0.15) is 6.33 Å². The molecule has 6 nitrogen and oxygen atoms in total. The highest BCUT2D eigenvalue weighted by atomic mass is 16.7. The fraction of sp³-hybridized carbons (Fsp3) is 0.105. The van der Waals surface area contributed by atoms with Crippen molar-refractivity contribution < 1.29 is 4.84 Å². The van der Waals surface area contributed by atoms with Crippen molar-refractivity contribution in [3.8, 4) is 11.3 Å². The summed E-state index contributed by atoms with van der Waals surface area (Å²) in [7, 11) is 1.86. The van der Waals surface area contributed by atoms with Crippen LogP contribution in [0, 0.1) is 0 Å². The van der Waals surface area contributed by atoms with E-state index in [0.717, 1.165) is 22.6 Å². The molecule has 0 unspecified atom stereocenters. The first-order chi connectivity index (χ1) is 12.3. The van der Waals surface area contributed by atoms with Crippen LogP contribution in [-0.2, 0) is 11.4 Å². The third kappa shape index (κ3) is 3.20. The molecule has 0 fully saturated rings. The highest BCUT2D eigenvalue weighted by Crippen LogP contribution is 2.23. The summed E-state index contributed by atoms with van der Waals surface area (Å²) in [5.74, 6) is 1.30. The number of hydrogen-bond acceptors (Lipinski definition) is 5. The van der Waals surface area contributed by atoms with E-state index in [0.29, 0.717) is 12.4 Å². The van der Waals surface area contributed by atoms with Crippen molar-refractivity contribution in [3.63, 3.8) is 0 Å². The molecule has 0 aliphatic heterocycles. The first-order valence-electron chi connectivity index (χ1n) is 7.98. The summed E-state index contributed by atoms with van der Waals surface area (Å²) in [6.45, 7) is 0.469. The summed E-state index contributed by atoms with van der Waals surface area (Å²) < 4.78 is 1.66. The van der Waals surface area contributed by atoms with Gasteiger partial charge in [-0.2, -0.15) is 14.6 Å². The van der Waals surface area contributed by atoms with E-state index < -0.39 is 0 Å². The zero-order valence-electron chi connectivity index (χ0n) is 13.8. The molecule has 25 heavy (non-hydrogen) atoms.